The number of halogens is 1. The van der Waals surface area contributed by atoms with Gasteiger partial charge in [0, 0.05) is 17.2 Å². The highest BCUT2D eigenvalue weighted by molar-refractivity contribution is 6.29. The van der Waals surface area contributed by atoms with Gasteiger partial charge in [-0.15, -0.1) is 0 Å². The molecule has 0 spiro atoms. The Kier molecular flexibility index (Phi) is 5.67. The molecule has 2 N–H and O–H groups in total. The number of rotatable bonds is 5. The fourth-order valence-corrected chi connectivity index (χ4v) is 3.07. The van der Waals surface area contributed by atoms with E-state index in [1.807, 2.05) is 20.8 Å². The van der Waals surface area contributed by atoms with Crippen LogP contribution in [0.3, 0.4) is 0 Å². The number of carbonyl (C=O) groups excluding carboxylic acids is 2. The zero-order valence-electron chi connectivity index (χ0n) is 17.7. The van der Waals surface area contributed by atoms with Gasteiger partial charge in [-0.2, -0.15) is 5.10 Å². The van der Waals surface area contributed by atoms with Crippen LogP contribution in [-0.2, 0) is 16.6 Å². The molecule has 0 aliphatic rings. The first-order chi connectivity index (χ1) is 15.2. The van der Waals surface area contributed by atoms with E-state index in [-0.39, 0.29) is 29.3 Å². The molecule has 2 amide bonds. The minimum Gasteiger partial charge on any atom is -0.359 e. The minimum atomic E-state index is -0.377. The van der Waals surface area contributed by atoms with Gasteiger partial charge in [-0.1, -0.05) is 49.7 Å². The molecule has 0 radical (unpaired) electrons. The van der Waals surface area contributed by atoms with Crippen molar-refractivity contribution >= 4 is 40.6 Å². The average Bonchev–Trinajstić information content (AvgIpc) is 3.36. The van der Waals surface area contributed by atoms with E-state index >= 15 is 0 Å². The van der Waals surface area contributed by atoms with Crippen molar-refractivity contribution < 1.29 is 14.1 Å². The van der Waals surface area contributed by atoms with Crippen LogP contribution in [0.5, 0.6) is 0 Å². The predicted molar refractivity (Wildman–Crippen MR) is 120 cm³/mol. The Morgan fingerprint density at radius 1 is 1.09 bits per heavy atom. The quantitative estimate of drug-likeness (QED) is 0.471. The van der Waals surface area contributed by atoms with Crippen LogP contribution in [-0.4, -0.2) is 31.6 Å². The largest absolute Gasteiger partial charge is 0.359 e. The summed E-state index contributed by atoms with van der Waals surface area (Å²) in [6.07, 6.45) is 1.66. The van der Waals surface area contributed by atoms with E-state index in [0.717, 1.165) is 5.56 Å². The number of aromatic nitrogens is 4. The number of nitrogens with one attached hydrogen (secondary N) is 2. The van der Waals surface area contributed by atoms with E-state index in [9.17, 15) is 9.59 Å². The lowest BCUT2D eigenvalue weighted by Crippen LogP contribution is -2.15. The Morgan fingerprint density at radius 2 is 1.84 bits per heavy atom. The summed E-state index contributed by atoms with van der Waals surface area (Å²) in [7, 11) is 0. The summed E-state index contributed by atoms with van der Waals surface area (Å²) in [5.74, 6) is 0.480. The number of imidazole rings is 1. The summed E-state index contributed by atoms with van der Waals surface area (Å²) in [6.45, 7) is 6.00. The monoisotopic (exact) mass is 452 g/mol. The van der Waals surface area contributed by atoms with Gasteiger partial charge in [-0.25, -0.2) is 9.50 Å². The van der Waals surface area contributed by atoms with Crippen LogP contribution < -0.4 is 10.6 Å². The molecule has 0 saturated carbocycles. The minimum absolute atomic E-state index is 0.158. The Hall–Kier alpha value is -3.72. The molecule has 4 rings (SSSR count). The number of amides is 2. The molecule has 164 valence electrons. The molecule has 0 aliphatic heterocycles. The van der Waals surface area contributed by atoms with E-state index in [4.69, 9.17) is 16.1 Å². The first kappa shape index (κ1) is 21.5. The third kappa shape index (κ3) is 4.94. The van der Waals surface area contributed by atoms with Crippen LogP contribution in [0.4, 0.5) is 11.5 Å². The maximum atomic E-state index is 12.5. The molecule has 0 aliphatic carbocycles. The molecule has 0 fully saturated rings. The summed E-state index contributed by atoms with van der Waals surface area (Å²) in [6, 6.07) is 12.0. The fourth-order valence-electron chi connectivity index (χ4n) is 2.93. The number of hydrogen-bond donors (Lipinski definition) is 2. The SMILES string of the molecule is CC(C)(C)c1cc(NC(=O)Cc2ccc(NC(=O)c3cn4nc(Cl)ccc4n3)cc2)no1. The third-order valence-corrected chi connectivity index (χ3v) is 4.82. The number of hydrogen-bond acceptors (Lipinski definition) is 6. The van der Waals surface area contributed by atoms with Gasteiger partial charge in [0.15, 0.2) is 11.5 Å². The third-order valence-electron chi connectivity index (χ3n) is 4.61. The van der Waals surface area contributed by atoms with Crippen molar-refractivity contribution in [2.24, 2.45) is 0 Å². The lowest BCUT2D eigenvalue weighted by Gasteiger charge is -2.12. The molecule has 4 aromatic rings. The van der Waals surface area contributed by atoms with E-state index in [1.54, 1.807) is 42.5 Å². The molecular formula is C22H21ClN6O3. The lowest BCUT2D eigenvalue weighted by atomic mass is 9.93. The highest BCUT2D eigenvalue weighted by Crippen LogP contribution is 2.24. The first-order valence-electron chi connectivity index (χ1n) is 9.87. The van der Waals surface area contributed by atoms with E-state index in [2.05, 4.69) is 25.9 Å². The van der Waals surface area contributed by atoms with Gasteiger partial charge in [0.1, 0.15) is 16.6 Å². The van der Waals surface area contributed by atoms with Gasteiger partial charge in [0.05, 0.1) is 12.6 Å². The molecule has 3 heterocycles. The lowest BCUT2D eigenvalue weighted by molar-refractivity contribution is -0.115. The number of carbonyl (C=O) groups is 2. The Balaban J connectivity index is 1.35. The van der Waals surface area contributed by atoms with Gasteiger partial charge >= 0.3 is 0 Å². The van der Waals surface area contributed by atoms with Crippen LogP contribution >= 0.6 is 11.6 Å². The molecule has 9 nitrogen and oxygen atoms in total. The van der Waals surface area contributed by atoms with Crippen molar-refractivity contribution in [3.8, 4) is 0 Å². The van der Waals surface area contributed by atoms with Crippen molar-refractivity contribution in [2.75, 3.05) is 10.6 Å². The molecule has 0 saturated heterocycles. The molecule has 0 bridgehead atoms. The molecule has 0 atom stereocenters. The molecule has 3 aromatic heterocycles. The summed E-state index contributed by atoms with van der Waals surface area (Å²) >= 11 is 5.86. The average molecular weight is 453 g/mol. The van der Waals surface area contributed by atoms with Crippen LogP contribution in [0.15, 0.2) is 53.2 Å². The predicted octanol–water partition coefficient (Wildman–Crippen LogP) is 4.10. The summed E-state index contributed by atoms with van der Waals surface area (Å²) in [5, 5.41) is 13.8. The maximum absolute atomic E-state index is 12.5. The number of fused-ring (bicyclic) bond motifs is 1. The highest BCUT2D eigenvalue weighted by atomic mass is 35.5. The van der Waals surface area contributed by atoms with Gasteiger partial charge in [0.25, 0.3) is 5.91 Å². The summed E-state index contributed by atoms with van der Waals surface area (Å²) in [5.41, 5.74) is 1.90. The second-order valence-corrected chi connectivity index (χ2v) is 8.67. The van der Waals surface area contributed by atoms with Gasteiger partial charge in [-0.05, 0) is 29.8 Å². The topological polar surface area (TPSA) is 114 Å². The molecular weight excluding hydrogens is 432 g/mol. The van der Waals surface area contributed by atoms with Crippen molar-refractivity contribution in [2.45, 2.75) is 32.6 Å². The number of nitrogens with zero attached hydrogens (tertiary/aromatic N) is 4. The molecule has 0 unspecified atom stereocenters. The van der Waals surface area contributed by atoms with Crippen LogP contribution in [0.25, 0.3) is 5.65 Å². The fraction of sp³-hybridized carbons (Fsp3) is 0.227. The normalized spacial score (nSPS) is 11.5. The van der Waals surface area contributed by atoms with Crippen LogP contribution in [0.2, 0.25) is 5.15 Å². The zero-order valence-corrected chi connectivity index (χ0v) is 18.5. The first-order valence-corrected chi connectivity index (χ1v) is 10.2. The van der Waals surface area contributed by atoms with Crippen molar-refractivity contribution in [1.29, 1.82) is 0 Å². The molecule has 10 heteroatoms. The Labute approximate surface area is 188 Å². The van der Waals surface area contributed by atoms with E-state index < -0.39 is 0 Å². The van der Waals surface area contributed by atoms with Crippen LogP contribution in [0.1, 0.15) is 42.6 Å². The highest BCUT2D eigenvalue weighted by Gasteiger charge is 2.20. The molecule has 1 aromatic carbocycles. The van der Waals surface area contributed by atoms with Crippen molar-refractivity contribution in [3.63, 3.8) is 0 Å². The Morgan fingerprint density at radius 3 is 2.53 bits per heavy atom. The maximum Gasteiger partial charge on any atom is 0.275 e. The van der Waals surface area contributed by atoms with E-state index in [1.165, 1.54) is 10.7 Å². The standard InChI is InChI=1S/C22H21ClN6O3/c1-22(2,3)16-11-18(28-32-16)26-20(30)10-13-4-6-14(7-5-13)24-21(31)15-12-29-19(25-15)9-8-17(23)27-29/h4-9,11-12H,10H2,1-3H3,(H,24,31)(H,26,28,30). The Bertz CT molecular complexity index is 1290. The van der Waals surface area contributed by atoms with Crippen LogP contribution in [0, 0.1) is 0 Å². The zero-order chi connectivity index (χ0) is 22.9. The smallest absolute Gasteiger partial charge is 0.275 e. The summed E-state index contributed by atoms with van der Waals surface area (Å²) < 4.78 is 6.72. The van der Waals surface area contributed by atoms with Gasteiger partial charge in [-0.3, -0.25) is 9.59 Å². The van der Waals surface area contributed by atoms with Gasteiger partial charge in [0.2, 0.25) is 5.91 Å². The second kappa shape index (κ2) is 8.43. The number of anilines is 2. The molecule has 32 heavy (non-hydrogen) atoms. The summed E-state index contributed by atoms with van der Waals surface area (Å²) in [4.78, 5) is 29.0. The van der Waals surface area contributed by atoms with Crippen molar-refractivity contribution in [3.05, 3.63) is 70.8 Å². The van der Waals surface area contributed by atoms with E-state index in [0.29, 0.717) is 28.1 Å². The van der Waals surface area contributed by atoms with Gasteiger partial charge < -0.3 is 15.2 Å². The second-order valence-electron chi connectivity index (χ2n) is 8.29. The number of benzene rings is 1. The van der Waals surface area contributed by atoms with Crippen molar-refractivity contribution in [1.82, 2.24) is 19.8 Å².